The van der Waals surface area contributed by atoms with Crippen molar-refractivity contribution in [1.29, 1.82) is 0 Å². The third-order valence-electron chi connectivity index (χ3n) is 4.01. The smallest absolute Gasteiger partial charge is 0.317 e. The standard InChI is InChI=1S/C11H12O4S/c1-4(12)16-7-3-5-2-6(7)9-8(5)10(13)15-11(9)14/h5-9H,2-3H2,1H3. The summed E-state index contributed by atoms with van der Waals surface area (Å²) in [5, 5.41) is 0.300. The maximum absolute atomic E-state index is 11.6. The highest BCUT2D eigenvalue weighted by atomic mass is 32.2. The van der Waals surface area contributed by atoms with Gasteiger partial charge in [-0.3, -0.25) is 14.4 Å². The van der Waals surface area contributed by atoms with E-state index in [1.54, 1.807) is 6.92 Å². The van der Waals surface area contributed by atoms with Crippen LogP contribution < -0.4 is 0 Å². The zero-order valence-electron chi connectivity index (χ0n) is 8.84. The molecule has 0 N–H and O–H groups in total. The first-order valence-corrected chi connectivity index (χ1v) is 6.38. The maximum atomic E-state index is 11.6. The largest absolute Gasteiger partial charge is 0.393 e. The second-order valence-electron chi connectivity index (χ2n) is 4.83. The van der Waals surface area contributed by atoms with Crippen LogP contribution in [0.2, 0.25) is 0 Å². The van der Waals surface area contributed by atoms with Crippen LogP contribution in [0.25, 0.3) is 0 Å². The van der Waals surface area contributed by atoms with Crippen LogP contribution >= 0.6 is 11.8 Å². The molecule has 4 nitrogen and oxygen atoms in total. The second-order valence-corrected chi connectivity index (χ2v) is 6.25. The Kier molecular flexibility index (Phi) is 2.14. The van der Waals surface area contributed by atoms with E-state index in [9.17, 15) is 14.4 Å². The number of rotatable bonds is 1. The minimum atomic E-state index is -0.364. The van der Waals surface area contributed by atoms with Crippen LogP contribution in [0.3, 0.4) is 0 Å². The summed E-state index contributed by atoms with van der Waals surface area (Å²) >= 11 is 1.32. The summed E-state index contributed by atoms with van der Waals surface area (Å²) in [6, 6.07) is 0. The van der Waals surface area contributed by atoms with Gasteiger partial charge in [0.25, 0.3) is 0 Å². The average Bonchev–Trinajstić information content (AvgIpc) is 2.78. The fraction of sp³-hybridized carbons (Fsp3) is 0.727. The Morgan fingerprint density at radius 2 is 1.94 bits per heavy atom. The molecule has 0 aromatic heterocycles. The molecule has 5 atom stereocenters. The van der Waals surface area contributed by atoms with E-state index in [2.05, 4.69) is 0 Å². The molecule has 5 unspecified atom stereocenters. The fourth-order valence-electron chi connectivity index (χ4n) is 3.55. The Bertz CT molecular complexity index is 391. The summed E-state index contributed by atoms with van der Waals surface area (Å²) in [6.45, 7) is 1.55. The van der Waals surface area contributed by atoms with E-state index in [-0.39, 0.29) is 46.0 Å². The molecule has 2 bridgehead atoms. The van der Waals surface area contributed by atoms with E-state index >= 15 is 0 Å². The van der Waals surface area contributed by atoms with Crippen molar-refractivity contribution in [3.63, 3.8) is 0 Å². The number of fused-ring (bicyclic) bond motifs is 5. The van der Waals surface area contributed by atoms with Gasteiger partial charge in [-0.05, 0) is 24.7 Å². The van der Waals surface area contributed by atoms with E-state index in [0.29, 0.717) is 0 Å². The Hall–Kier alpha value is -0.840. The molecule has 0 spiro atoms. The topological polar surface area (TPSA) is 60.4 Å². The number of cyclic esters (lactones) is 2. The van der Waals surface area contributed by atoms with Crippen LogP contribution in [0.15, 0.2) is 0 Å². The Morgan fingerprint density at radius 3 is 2.62 bits per heavy atom. The average molecular weight is 240 g/mol. The van der Waals surface area contributed by atoms with Gasteiger partial charge in [0.15, 0.2) is 5.12 Å². The summed E-state index contributed by atoms with van der Waals surface area (Å²) in [7, 11) is 0. The molecular formula is C11H12O4S. The van der Waals surface area contributed by atoms with E-state index in [0.717, 1.165) is 12.8 Å². The first-order chi connectivity index (χ1) is 7.58. The minimum absolute atomic E-state index is 0.0896. The summed E-state index contributed by atoms with van der Waals surface area (Å²) < 4.78 is 4.69. The third-order valence-corrected chi connectivity index (χ3v) is 5.18. The van der Waals surface area contributed by atoms with Crippen LogP contribution in [0.1, 0.15) is 19.8 Å². The second kappa shape index (κ2) is 3.32. The van der Waals surface area contributed by atoms with Gasteiger partial charge < -0.3 is 4.74 Å². The zero-order valence-corrected chi connectivity index (χ0v) is 9.66. The Morgan fingerprint density at radius 1 is 1.25 bits per heavy atom. The predicted octanol–water partition coefficient (Wildman–Crippen LogP) is 0.990. The minimum Gasteiger partial charge on any atom is -0.393 e. The van der Waals surface area contributed by atoms with Crippen molar-refractivity contribution in [1.82, 2.24) is 0 Å². The molecule has 1 heterocycles. The van der Waals surface area contributed by atoms with Crippen molar-refractivity contribution in [2.75, 3.05) is 0 Å². The van der Waals surface area contributed by atoms with Crippen LogP contribution in [0.4, 0.5) is 0 Å². The fourth-order valence-corrected chi connectivity index (χ4v) is 4.77. The van der Waals surface area contributed by atoms with Crippen LogP contribution in [0, 0.1) is 23.7 Å². The molecule has 0 aromatic rings. The van der Waals surface area contributed by atoms with Crippen LogP contribution in [-0.2, 0) is 19.1 Å². The number of thioether (sulfide) groups is 1. The van der Waals surface area contributed by atoms with Gasteiger partial charge in [-0.15, -0.1) is 0 Å². The first kappa shape index (κ1) is 10.3. The van der Waals surface area contributed by atoms with Crippen molar-refractivity contribution < 1.29 is 19.1 Å². The van der Waals surface area contributed by atoms with Crippen molar-refractivity contribution in [3.05, 3.63) is 0 Å². The molecule has 3 fully saturated rings. The van der Waals surface area contributed by atoms with Crippen LogP contribution in [-0.4, -0.2) is 22.3 Å². The Balaban J connectivity index is 1.84. The quantitative estimate of drug-likeness (QED) is 0.505. The van der Waals surface area contributed by atoms with E-state index < -0.39 is 0 Å². The highest BCUT2D eigenvalue weighted by molar-refractivity contribution is 8.14. The SMILES string of the molecule is CC(=O)SC1CC2CC1C1C(=O)OC(=O)C21. The maximum Gasteiger partial charge on any atom is 0.317 e. The van der Waals surface area contributed by atoms with Crippen molar-refractivity contribution in [2.24, 2.45) is 23.7 Å². The molecule has 0 aromatic carbocycles. The molecule has 1 saturated heterocycles. The van der Waals surface area contributed by atoms with Crippen LogP contribution in [0.5, 0.6) is 0 Å². The van der Waals surface area contributed by atoms with E-state index in [1.807, 2.05) is 0 Å². The lowest BCUT2D eigenvalue weighted by Gasteiger charge is -2.25. The summed E-state index contributed by atoms with van der Waals surface area (Å²) in [4.78, 5) is 34.1. The van der Waals surface area contributed by atoms with Gasteiger partial charge in [0.05, 0.1) is 11.8 Å². The number of hydrogen-bond donors (Lipinski definition) is 0. The molecule has 1 aliphatic heterocycles. The van der Waals surface area contributed by atoms with Crippen molar-refractivity contribution in [3.8, 4) is 0 Å². The molecule has 0 radical (unpaired) electrons. The van der Waals surface area contributed by atoms with Crippen molar-refractivity contribution >= 4 is 28.8 Å². The van der Waals surface area contributed by atoms with E-state index in [1.165, 1.54) is 11.8 Å². The van der Waals surface area contributed by atoms with Gasteiger partial charge in [-0.1, -0.05) is 11.8 Å². The molecule has 86 valence electrons. The molecule has 16 heavy (non-hydrogen) atoms. The molecule has 2 saturated carbocycles. The number of ether oxygens (including phenoxy) is 1. The molecule has 3 aliphatic rings. The van der Waals surface area contributed by atoms with Gasteiger partial charge in [0, 0.05) is 12.2 Å². The van der Waals surface area contributed by atoms with Crippen molar-refractivity contribution in [2.45, 2.75) is 25.0 Å². The molecular weight excluding hydrogens is 228 g/mol. The lowest BCUT2D eigenvalue weighted by atomic mass is 9.81. The summed E-state index contributed by atoms with van der Waals surface area (Å²) in [5.74, 6) is -0.747. The van der Waals surface area contributed by atoms with Gasteiger partial charge in [-0.25, -0.2) is 0 Å². The molecule has 2 aliphatic carbocycles. The van der Waals surface area contributed by atoms with Gasteiger partial charge in [-0.2, -0.15) is 0 Å². The predicted molar refractivity (Wildman–Crippen MR) is 56.4 cm³/mol. The van der Waals surface area contributed by atoms with Gasteiger partial charge in [0.1, 0.15) is 0 Å². The summed E-state index contributed by atoms with van der Waals surface area (Å²) in [5.41, 5.74) is 0. The number of carbonyl (C=O) groups excluding carboxylic acids is 3. The zero-order chi connectivity index (χ0) is 11.4. The lowest BCUT2D eigenvalue weighted by molar-refractivity contribution is -0.154. The number of carbonyl (C=O) groups is 3. The number of esters is 2. The van der Waals surface area contributed by atoms with Gasteiger partial charge in [0.2, 0.25) is 0 Å². The third kappa shape index (κ3) is 1.27. The normalized spacial score (nSPS) is 44.7. The molecule has 3 rings (SSSR count). The lowest BCUT2D eigenvalue weighted by Crippen LogP contribution is -2.32. The molecule has 0 amide bonds. The Labute approximate surface area is 97.1 Å². The van der Waals surface area contributed by atoms with E-state index in [4.69, 9.17) is 4.74 Å². The monoisotopic (exact) mass is 240 g/mol. The number of hydrogen-bond acceptors (Lipinski definition) is 5. The highest BCUT2D eigenvalue weighted by Crippen LogP contribution is 2.58. The summed E-state index contributed by atoms with van der Waals surface area (Å²) in [6.07, 6.45) is 1.78. The molecule has 5 heteroatoms. The highest BCUT2D eigenvalue weighted by Gasteiger charge is 2.63. The van der Waals surface area contributed by atoms with Gasteiger partial charge >= 0.3 is 11.9 Å². The first-order valence-electron chi connectivity index (χ1n) is 5.50.